The number of thiophene rings is 1. The van der Waals surface area contributed by atoms with Gasteiger partial charge in [0.15, 0.2) is 6.54 Å². The summed E-state index contributed by atoms with van der Waals surface area (Å²) in [6.45, 7) is 3.88. The number of halogens is 1. The number of quaternary nitrogens is 1. The first-order valence-electron chi connectivity index (χ1n) is 9.15. The van der Waals surface area contributed by atoms with Crippen LogP contribution < -0.4 is 15.5 Å². The molecular weight excluding hydrogens is 397 g/mol. The molecule has 2 aromatic rings. The van der Waals surface area contributed by atoms with Crippen LogP contribution in [0.2, 0.25) is 0 Å². The Kier molecular flexibility index (Phi) is 7.86. The second-order valence-electron chi connectivity index (χ2n) is 6.51. The third-order valence-corrected chi connectivity index (χ3v) is 5.43. The minimum Gasteiger partial charge on any atom is -0.462 e. The maximum atomic E-state index is 13.8. The van der Waals surface area contributed by atoms with Gasteiger partial charge in [0, 0.05) is 12.6 Å². The molecule has 0 bridgehead atoms. The van der Waals surface area contributed by atoms with Crippen molar-refractivity contribution in [3.05, 3.63) is 51.7 Å². The van der Waals surface area contributed by atoms with Crippen molar-refractivity contribution in [2.75, 3.05) is 32.6 Å². The Balaban J connectivity index is 2.16. The highest BCUT2D eigenvalue weighted by Gasteiger charge is 2.26. The van der Waals surface area contributed by atoms with Gasteiger partial charge in [-0.3, -0.25) is 9.59 Å². The van der Waals surface area contributed by atoms with E-state index in [4.69, 9.17) is 4.74 Å². The molecule has 0 aliphatic rings. The number of likely N-dealkylation sites (N-methyl/N-ethyl adjacent to an activating group) is 1. The van der Waals surface area contributed by atoms with Crippen LogP contribution in [0.1, 0.15) is 38.1 Å². The Hall–Kier alpha value is -2.78. The van der Waals surface area contributed by atoms with E-state index in [9.17, 15) is 18.8 Å². The number of hydrogen-bond donors (Lipinski definition) is 3. The molecule has 1 unspecified atom stereocenters. The minimum atomic E-state index is -0.598. The van der Waals surface area contributed by atoms with E-state index < -0.39 is 5.97 Å². The number of benzene rings is 1. The monoisotopic (exact) mass is 422 g/mol. The lowest BCUT2D eigenvalue weighted by molar-refractivity contribution is -0.885. The van der Waals surface area contributed by atoms with Gasteiger partial charge in [0.2, 0.25) is 0 Å². The van der Waals surface area contributed by atoms with E-state index in [1.54, 1.807) is 39.1 Å². The SMILES string of the molecule is CCOC(=O)c1c(NC(=O)C[NH+](C)Cc2ccccc2F)sc(C(=O)NC)c1C. The molecule has 156 valence electrons. The first kappa shape index (κ1) is 22.5. The smallest absolute Gasteiger partial charge is 0.341 e. The molecule has 0 spiro atoms. The number of nitrogens with one attached hydrogen (secondary N) is 3. The van der Waals surface area contributed by atoms with Crippen molar-refractivity contribution >= 4 is 34.1 Å². The quantitative estimate of drug-likeness (QED) is 0.561. The van der Waals surface area contributed by atoms with E-state index in [0.29, 0.717) is 22.5 Å². The second kappa shape index (κ2) is 10.1. The van der Waals surface area contributed by atoms with E-state index in [-0.39, 0.29) is 41.3 Å². The highest BCUT2D eigenvalue weighted by molar-refractivity contribution is 7.18. The molecule has 1 heterocycles. The molecule has 7 nitrogen and oxygen atoms in total. The number of esters is 1. The summed E-state index contributed by atoms with van der Waals surface area (Å²) >= 11 is 1.02. The Morgan fingerprint density at radius 3 is 2.55 bits per heavy atom. The fraction of sp³-hybridized carbons (Fsp3) is 0.350. The number of carbonyl (C=O) groups is 3. The van der Waals surface area contributed by atoms with Gasteiger partial charge >= 0.3 is 5.97 Å². The molecule has 2 rings (SSSR count). The topological polar surface area (TPSA) is 88.9 Å². The van der Waals surface area contributed by atoms with E-state index in [0.717, 1.165) is 16.2 Å². The largest absolute Gasteiger partial charge is 0.462 e. The van der Waals surface area contributed by atoms with Crippen LogP contribution in [0.3, 0.4) is 0 Å². The summed E-state index contributed by atoms with van der Waals surface area (Å²) in [5.41, 5.74) is 1.14. The Labute approximate surface area is 172 Å². The first-order valence-corrected chi connectivity index (χ1v) is 9.97. The third kappa shape index (κ3) is 5.61. The van der Waals surface area contributed by atoms with E-state index in [2.05, 4.69) is 10.6 Å². The van der Waals surface area contributed by atoms with Crippen molar-refractivity contribution < 1.29 is 28.4 Å². The van der Waals surface area contributed by atoms with Crippen LogP contribution in [0.4, 0.5) is 9.39 Å². The van der Waals surface area contributed by atoms with Gasteiger partial charge in [-0.05, 0) is 25.5 Å². The van der Waals surface area contributed by atoms with E-state index in [1.165, 1.54) is 13.1 Å². The van der Waals surface area contributed by atoms with Crippen LogP contribution in [-0.2, 0) is 16.1 Å². The Morgan fingerprint density at radius 1 is 1.24 bits per heavy atom. The summed E-state index contributed by atoms with van der Waals surface area (Å²) in [6, 6.07) is 6.41. The fourth-order valence-electron chi connectivity index (χ4n) is 2.86. The van der Waals surface area contributed by atoms with Gasteiger partial charge in [-0.15, -0.1) is 11.3 Å². The van der Waals surface area contributed by atoms with Crippen molar-refractivity contribution in [1.82, 2.24) is 5.32 Å². The Morgan fingerprint density at radius 2 is 1.93 bits per heavy atom. The average Bonchev–Trinajstić information content (AvgIpc) is 2.98. The van der Waals surface area contributed by atoms with Gasteiger partial charge < -0.3 is 20.3 Å². The number of anilines is 1. The molecule has 0 saturated heterocycles. The minimum absolute atomic E-state index is 0.0584. The molecule has 1 atom stereocenters. The van der Waals surface area contributed by atoms with Gasteiger partial charge in [0.25, 0.3) is 11.8 Å². The van der Waals surface area contributed by atoms with Gasteiger partial charge in [-0.1, -0.05) is 18.2 Å². The molecule has 9 heteroatoms. The molecule has 1 aromatic heterocycles. The molecule has 0 saturated carbocycles. The maximum Gasteiger partial charge on any atom is 0.341 e. The van der Waals surface area contributed by atoms with Gasteiger partial charge in [-0.25, -0.2) is 9.18 Å². The number of rotatable bonds is 8. The zero-order chi connectivity index (χ0) is 21.6. The lowest BCUT2D eigenvalue weighted by atomic mass is 10.1. The summed E-state index contributed by atoms with van der Waals surface area (Å²) in [5.74, 6) is -1.62. The van der Waals surface area contributed by atoms with Gasteiger partial charge in [-0.2, -0.15) is 0 Å². The summed E-state index contributed by atoms with van der Waals surface area (Å²) in [5, 5.41) is 5.49. The molecule has 0 radical (unpaired) electrons. The molecule has 0 fully saturated rings. The zero-order valence-electron chi connectivity index (χ0n) is 16.8. The van der Waals surface area contributed by atoms with Crippen LogP contribution in [0.25, 0.3) is 0 Å². The predicted octanol–water partition coefficient (Wildman–Crippen LogP) is 1.39. The van der Waals surface area contributed by atoms with E-state index >= 15 is 0 Å². The lowest BCUT2D eigenvalue weighted by Crippen LogP contribution is -3.08. The number of amides is 2. The average molecular weight is 423 g/mol. The number of hydrogen-bond acceptors (Lipinski definition) is 5. The van der Waals surface area contributed by atoms with Gasteiger partial charge in [0.05, 0.1) is 24.1 Å². The van der Waals surface area contributed by atoms with Crippen molar-refractivity contribution in [1.29, 1.82) is 0 Å². The molecule has 2 amide bonds. The van der Waals surface area contributed by atoms with Crippen molar-refractivity contribution in [3.63, 3.8) is 0 Å². The van der Waals surface area contributed by atoms with E-state index in [1.807, 2.05) is 0 Å². The third-order valence-electron chi connectivity index (χ3n) is 4.22. The van der Waals surface area contributed by atoms with Crippen LogP contribution in [0.15, 0.2) is 24.3 Å². The van der Waals surface area contributed by atoms with Gasteiger partial charge in [0.1, 0.15) is 17.4 Å². The zero-order valence-corrected chi connectivity index (χ0v) is 17.7. The fourth-order valence-corrected chi connectivity index (χ4v) is 4.01. The summed E-state index contributed by atoms with van der Waals surface area (Å²) < 4.78 is 18.9. The lowest BCUT2D eigenvalue weighted by Gasteiger charge is -2.14. The van der Waals surface area contributed by atoms with Crippen molar-refractivity contribution in [3.8, 4) is 0 Å². The normalized spacial score (nSPS) is 11.6. The molecule has 3 N–H and O–H groups in total. The number of ether oxygens (including phenoxy) is 1. The van der Waals surface area contributed by atoms with Crippen molar-refractivity contribution in [2.45, 2.75) is 20.4 Å². The molecular formula is C20H25FN3O4S+. The highest BCUT2D eigenvalue weighted by atomic mass is 32.1. The summed E-state index contributed by atoms with van der Waals surface area (Å²) in [6.07, 6.45) is 0. The molecule has 1 aromatic carbocycles. The second-order valence-corrected chi connectivity index (χ2v) is 7.53. The number of carbonyl (C=O) groups excluding carboxylic acids is 3. The highest BCUT2D eigenvalue weighted by Crippen LogP contribution is 2.33. The van der Waals surface area contributed by atoms with Crippen molar-refractivity contribution in [2.24, 2.45) is 0 Å². The molecule has 29 heavy (non-hydrogen) atoms. The summed E-state index contributed by atoms with van der Waals surface area (Å²) in [4.78, 5) is 38.0. The Bertz CT molecular complexity index is 913. The molecule has 0 aliphatic heterocycles. The van der Waals surface area contributed by atoms with Crippen LogP contribution in [0.5, 0.6) is 0 Å². The van der Waals surface area contributed by atoms with Crippen LogP contribution >= 0.6 is 11.3 Å². The maximum absolute atomic E-state index is 13.8. The van der Waals surface area contributed by atoms with Crippen LogP contribution in [-0.4, -0.2) is 45.0 Å². The molecule has 0 aliphatic carbocycles. The summed E-state index contributed by atoms with van der Waals surface area (Å²) in [7, 11) is 3.26. The predicted molar refractivity (Wildman–Crippen MR) is 109 cm³/mol. The van der Waals surface area contributed by atoms with Crippen LogP contribution in [0, 0.1) is 12.7 Å². The standard InChI is InChI=1S/C20H24FN3O4S/c1-5-28-20(27)16-12(2)17(18(26)22-3)29-19(16)23-15(25)11-24(4)10-13-8-6-7-9-14(13)21/h6-9H,5,10-11H2,1-4H3,(H,22,26)(H,23,25)/p+1. The first-order chi connectivity index (χ1) is 13.8.